The lowest BCUT2D eigenvalue weighted by Gasteiger charge is -2.24. The van der Waals surface area contributed by atoms with Crippen LogP contribution in [0.4, 0.5) is 5.13 Å². The summed E-state index contributed by atoms with van der Waals surface area (Å²) >= 11 is 1.50. The first-order valence-electron chi connectivity index (χ1n) is 9.99. The minimum absolute atomic E-state index is 0. The molecule has 2 aromatic heterocycles. The van der Waals surface area contributed by atoms with E-state index in [0.717, 1.165) is 35.4 Å². The summed E-state index contributed by atoms with van der Waals surface area (Å²) in [5.41, 5.74) is 2.29. The fraction of sp³-hybridized carbons (Fsp3) is 0.476. The third-order valence-electron chi connectivity index (χ3n) is 5.14. The van der Waals surface area contributed by atoms with Crippen molar-refractivity contribution < 1.29 is 14.3 Å². The number of likely N-dealkylation sites (N-methyl/N-ethyl adjacent to an activating group) is 1. The Kier molecular flexibility index (Phi) is 8.67. The lowest BCUT2D eigenvalue weighted by atomic mass is 10.2. The van der Waals surface area contributed by atoms with Gasteiger partial charge in [0.25, 0.3) is 5.91 Å². The van der Waals surface area contributed by atoms with Crippen LogP contribution in [0, 0.1) is 6.92 Å². The summed E-state index contributed by atoms with van der Waals surface area (Å²) in [6.07, 6.45) is 1.69. The summed E-state index contributed by atoms with van der Waals surface area (Å²) in [5.74, 6) is 0.834. The molecule has 1 amide bonds. The second-order valence-electron chi connectivity index (χ2n) is 6.97. The van der Waals surface area contributed by atoms with Gasteiger partial charge in [-0.15, -0.1) is 17.5 Å². The van der Waals surface area contributed by atoms with Gasteiger partial charge in [-0.05, 0) is 31.6 Å². The van der Waals surface area contributed by atoms with Crippen LogP contribution in [-0.4, -0.2) is 66.0 Å². The van der Waals surface area contributed by atoms with Crippen LogP contribution >= 0.6 is 23.7 Å². The number of amides is 1. The maximum Gasteiger partial charge on any atom is 0.267 e. The third-order valence-corrected chi connectivity index (χ3v) is 6.35. The molecular weight excluding hydrogens is 438 g/mol. The van der Waals surface area contributed by atoms with Crippen LogP contribution in [0.5, 0.6) is 11.6 Å². The van der Waals surface area contributed by atoms with E-state index in [0.29, 0.717) is 28.9 Å². The van der Waals surface area contributed by atoms with Gasteiger partial charge in [0.05, 0.1) is 18.9 Å². The minimum atomic E-state index is -0.178. The van der Waals surface area contributed by atoms with E-state index in [1.54, 1.807) is 29.9 Å². The molecule has 0 N–H and O–H groups in total. The van der Waals surface area contributed by atoms with E-state index in [9.17, 15) is 4.79 Å². The number of halogens is 1. The smallest absolute Gasteiger partial charge is 0.267 e. The normalized spacial score (nSPS) is 10.9. The van der Waals surface area contributed by atoms with Gasteiger partial charge in [0.15, 0.2) is 5.13 Å². The number of thiazole rings is 1. The number of hydrogen-bond acceptors (Lipinski definition) is 7. The number of rotatable bonds is 9. The molecule has 3 aromatic rings. The van der Waals surface area contributed by atoms with Gasteiger partial charge in [-0.3, -0.25) is 14.4 Å². The maximum atomic E-state index is 13.6. The van der Waals surface area contributed by atoms with Gasteiger partial charge in [0.1, 0.15) is 16.8 Å². The summed E-state index contributed by atoms with van der Waals surface area (Å²) in [6, 6.07) is 3.92. The Balaban J connectivity index is 0.00000341. The van der Waals surface area contributed by atoms with E-state index < -0.39 is 0 Å². The highest BCUT2D eigenvalue weighted by molar-refractivity contribution is 7.22. The molecule has 8 nitrogen and oxygen atoms in total. The maximum absolute atomic E-state index is 13.6. The molecule has 31 heavy (non-hydrogen) atoms. The van der Waals surface area contributed by atoms with Crippen molar-refractivity contribution in [3.8, 4) is 11.6 Å². The highest BCUT2D eigenvalue weighted by Crippen LogP contribution is 2.37. The van der Waals surface area contributed by atoms with E-state index in [-0.39, 0.29) is 18.3 Å². The molecular formula is C21H30ClN5O3S. The first-order chi connectivity index (χ1) is 14.4. The first kappa shape index (κ1) is 24.9. The number of hydrogen-bond donors (Lipinski definition) is 0. The number of methoxy groups -OCH3 is 2. The molecule has 0 bridgehead atoms. The van der Waals surface area contributed by atoms with Crippen molar-refractivity contribution in [3.63, 3.8) is 0 Å². The second kappa shape index (κ2) is 10.8. The van der Waals surface area contributed by atoms with E-state index >= 15 is 0 Å². The van der Waals surface area contributed by atoms with Gasteiger partial charge < -0.3 is 14.4 Å². The molecule has 0 saturated heterocycles. The number of ether oxygens (including phenoxy) is 2. The van der Waals surface area contributed by atoms with Crippen LogP contribution in [0.2, 0.25) is 0 Å². The van der Waals surface area contributed by atoms with Crippen LogP contribution < -0.4 is 14.4 Å². The van der Waals surface area contributed by atoms with E-state index in [1.807, 2.05) is 19.1 Å². The lowest BCUT2D eigenvalue weighted by molar-refractivity contribution is 0.0980. The number of fused-ring (bicyclic) bond motifs is 1. The van der Waals surface area contributed by atoms with Gasteiger partial charge in [-0.2, -0.15) is 0 Å². The molecule has 10 heteroatoms. The number of aryl methyl sites for hydroxylation is 2. The number of anilines is 1. The zero-order chi connectivity index (χ0) is 21.8. The van der Waals surface area contributed by atoms with Crippen LogP contribution in [-0.2, 0) is 7.05 Å². The number of carbonyl (C=O) groups is 1. The van der Waals surface area contributed by atoms with Crippen molar-refractivity contribution in [1.82, 2.24) is 19.7 Å². The number of aromatic nitrogens is 3. The van der Waals surface area contributed by atoms with Crippen LogP contribution in [0.25, 0.3) is 10.2 Å². The summed E-state index contributed by atoms with van der Waals surface area (Å²) in [5, 5.41) is 4.88. The average Bonchev–Trinajstić information content (AvgIpc) is 3.35. The van der Waals surface area contributed by atoms with Crippen LogP contribution in [0.1, 0.15) is 29.8 Å². The molecule has 0 atom stereocenters. The van der Waals surface area contributed by atoms with Gasteiger partial charge in [-0.1, -0.05) is 31.3 Å². The van der Waals surface area contributed by atoms with Gasteiger partial charge in [0, 0.05) is 26.3 Å². The molecule has 0 aliphatic heterocycles. The van der Waals surface area contributed by atoms with E-state index in [1.165, 1.54) is 18.4 Å². The summed E-state index contributed by atoms with van der Waals surface area (Å²) in [6.45, 7) is 9.36. The van der Waals surface area contributed by atoms with Crippen molar-refractivity contribution in [2.24, 2.45) is 7.05 Å². The van der Waals surface area contributed by atoms with Crippen LogP contribution in [0.15, 0.2) is 18.3 Å². The highest BCUT2D eigenvalue weighted by Gasteiger charge is 2.27. The van der Waals surface area contributed by atoms with Crippen molar-refractivity contribution in [1.29, 1.82) is 0 Å². The Morgan fingerprint density at radius 1 is 1.16 bits per heavy atom. The van der Waals surface area contributed by atoms with Crippen molar-refractivity contribution in [2.75, 3.05) is 45.3 Å². The standard InChI is InChI=1S/C21H29N5O3S.ClH/c1-7-25(8-2)11-12-26(20(27)15-13-24(4)23-19(15)29-6)21-22-17-16(28-5)10-9-14(3)18(17)30-21;/h9-10,13H,7-8,11-12H2,1-6H3;1H. The Hall–Kier alpha value is -2.36. The molecule has 0 aliphatic rings. The average molecular weight is 468 g/mol. The number of nitrogens with zero attached hydrogens (tertiary/aromatic N) is 5. The zero-order valence-electron chi connectivity index (χ0n) is 18.8. The molecule has 0 aliphatic carbocycles. The van der Waals surface area contributed by atoms with Crippen molar-refractivity contribution >= 4 is 45.0 Å². The zero-order valence-corrected chi connectivity index (χ0v) is 20.5. The molecule has 0 radical (unpaired) electrons. The van der Waals surface area contributed by atoms with Gasteiger partial charge in [0.2, 0.25) is 5.88 Å². The summed E-state index contributed by atoms with van der Waals surface area (Å²) in [4.78, 5) is 22.3. The molecule has 170 valence electrons. The topological polar surface area (TPSA) is 72.7 Å². The predicted molar refractivity (Wildman–Crippen MR) is 127 cm³/mol. The SMILES string of the molecule is CCN(CC)CCN(C(=O)c1cn(C)nc1OC)c1nc2c(OC)ccc(C)c2s1.Cl. The number of benzene rings is 1. The van der Waals surface area contributed by atoms with E-state index in [4.69, 9.17) is 14.5 Å². The molecule has 0 spiro atoms. The molecule has 2 heterocycles. The number of carbonyl (C=O) groups excluding carboxylic acids is 1. The van der Waals surface area contributed by atoms with E-state index in [2.05, 4.69) is 23.8 Å². The Bertz CT molecular complexity index is 1030. The molecule has 3 rings (SSSR count). The summed E-state index contributed by atoms with van der Waals surface area (Å²) in [7, 11) is 4.92. The quantitative estimate of drug-likeness (QED) is 0.477. The minimum Gasteiger partial charge on any atom is -0.494 e. The largest absolute Gasteiger partial charge is 0.494 e. The predicted octanol–water partition coefficient (Wildman–Crippen LogP) is 3.77. The third kappa shape index (κ3) is 5.11. The molecule has 0 unspecified atom stereocenters. The van der Waals surface area contributed by atoms with Crippen LogP contribution in [0.3, 0.4) is 0 Å². The molecule has 0 fully saturated rings. The van der Waals surface area contributed by atoms with Crippen molar-refractivity contribution in [3.05, 3.63) is 29.5 Å². The lowest BCUT2D eigenvalue weighted by Crippen LogP contribution is -2.38. The molecule has 0 saturated carbocycles. The second-order valence-corrected chi connectivity index (χ2v) is 7.95. The molecule has 1 aromatic carbocycles. The monoisotopic (exact) mass is 467 g/mol. The Morgan fingerprint density at radius 2 is 1.87 bits per heavy atom. The highest BCUT2D eigenvalue weighted by atomic mass is 35.5. The Labute approximate surface area is 193 Å². The fourth-order valence-electron chi connectivity index (χ4n) is 3.35. The fourth-order valence-corrected chi connectivity index (χ4v) is 4.43. The Morgan fingerprint density at radius 3 is 2.48 bits per heavy atom. The summed E-state index contributed by atoms with van der Waals surface area (Å²) < 4.78 is 13.4. The first-order valence-corrected chi connectivity index (χ1v) is 10.8. The van der Waals surface area contributed by atoms with Crippen molar-refractivity contribution in [2.45, 2.75) is 20.8 Å². The van der Waals surface area contributed by atoms with Gasteiger partial charge in [-0.25, -0.2) is 4.98 Å². The van der Waals surface area contributed by atoms with Gasteiger partial charge >= 0.3 is 0 Å².